The minimum Gasteiger partial charge on any atom is -0.354 e. The van der Waals surface area contributed by atoms with Gasteiger partial charge in [-0.2, -0.15) is 0 Å². The number of piperidine rings is 1. The number of nitrogens with zero attached hydrogens (tertiary/aromatic N) is 1. The van der Waals surface area contributed by atoms with Crippen LogP contribution < -0.4 is 5.32 Å². The molecule has 3 rings (SSSR count). The van der Waals surface area contributed by atoms with Crippen molar-refractivity contribution in [2.75, 3.05) is 13.1 Å². The maximum atomic E-state index is 13.0. The zero-order chi connectivity index (χ0) is 18.1. The lowest BCUT2D eigenvalue weighted by Gasteiger charge is -2.32. The lowest BCUT2D eigenvalue weighted by molar-refractivity contribution is -0.126. The minimum absolute atomic E-state index is 0.0329. The van der Waals surface area contributed by atoms with Crippen molar-refractivity contribution < 1.29 is 9.59 Å². The van der Waals surface area contributed by atoms with Crippen molar-refractivity contribution in [3.8, 4) is 0 Å². The highest BCUT2D eigenvalue weighted by Gasteiger charge is 2.31. The Bertz CT molecular complexity index is 815. The van der Waals surface area contributed by atoms with Crippen LogP contribution in [0.4, 0.5) is 0 Å². The largest absolute Gasteiger partial charge is 0.354 e. The highest BCUT2D eigenvalue weighted by molar-refractivity contribution is 7.21. The highest BCUT2D eigenvalue weighted by atomic mass is 35.5. The summed E-state index contributed by atoms with van der Waals surface area (Å²) >= 11 is 7.91. The van der Waals surface area contributed by atoms with Crippen LogP contribution in [-0.4, -0.2) is 35.8 Å². The van der Waals surface area contributed by atoms with Gasteiger partial charge in [0.2, 0.25) is 5.91 Å². The molecule has 1 aliphatic heterocycles. The molecule has 4 nitrogen and oxygen atoms in total. The Balaban J connectivity index is 1.81. The number of thiophene rings is 1. The number of carbonyl (C=O) groups excluding carboxylic acids is 2. The summed E-state index contributed by atoms with van der Waals surface area (Å²) < 4.78 is 1.03. The van der Waals surface area contributed by atoms with Gasteiger partial charge in [0.05, 0.1) is 10.9 Å². The number of halogens is 1. The summed E-state index contributed by atoms with van der Waals surface area (Å²) in [6.45, 7) is 7.05. The molecule has 0 spiro atoms. The van der Waals surface area contributed by atoms with E-state index in [2.05, 4.69) is 11.4 Å². The van der Waals surface area contributed by atoms with Crippen molar-refractivity contribution in [1.82, 2.24) is 10.2 Å². The van der Waals surface area contributed by atoms with Gasteiger partial charge in [-0.15, -0.1) is 11.3 Å². The molecule has 0 bridgehead atoms. The summed E-state index contributed by atoms with van der Waals surface area (Å²) in [5.41, 5.74) is 1.15. The molecule has 1 atom stereocenters. The predicted molar refractivity (Wildman–Crippen MR) is 103 cm³/mol. The standard InChI is InChI=1S/C19H23ClN2O2S/c1-11(2)21-18(23)13-5-4-8-22(10-13)19(24)17-16(20)14-7-6-12(3)9-15(14)25-17/h6-7,9,11,13H,4-5,8,10H2,1-3H3,(H,21,23). The van der Waals surface area contributed by atoms with Gasteiger partial charge < -0.3 is 10.2 Å². The molecule has 0 aliphatic carbocycles. The first-order valence-corrected chi connectivity index (χ1v) is 9.84. The third kappa shape index (κ3) is 3.82. The predicted octanol–water partition coefficient (Wildman–Crippen LogP) is 4.24. The van der Waals surface area contributed by atoms with Gasteiger partial charge >= 0.3 is 0 Å². The Hall–Kier alpha value is -1.59. The fourth-order valence-corrected chi connectivity index (χ4v) is 4.81. The maximum Gasteiger partial charge on any atom is 0.265 e. The molecule has 1 aromatic carbocycles. The van der Waals surface area contributed by atoms with E-state index in [0.717, 1.165) is 28.5 Å². The Morgan fingerprint density at radius 1 is 1.36 bits per heavy atom. The minimum atomic E-state index is -0.143. The fourth-order valence-electron chi connectivity index (χ4n) is 3.23. The summed E-state index contributed by atoms with van der Waals surface area (Å²) in [6.07, 6.45) is 1.66. The van der Waals surface area contributed by atoms with Crippen LogP contribution in [0.5, 0.6) is 0 Å². The number of amides is 2. The Morgan fingerprint density at radius 3 is 2.84 bits per heavy atom. The quantitative estimate of drug-likeness (QED) is 0.868. The fraction of sp³-hybridized carbons (Fsp3) is 0.474. The van der Waals surface area contributed by atoms with E-state index in [4.69, 9.17) is 11.6 Å². The topological polar surface area (TPSA) is 49.4 Å². The molecule has 2 heterocycles. The molecular formula is C19H23ClN2O2S. The van der Waals surface area contributed by atoms with E-state index < -0.39 is 0 Å². The first-order valence-electron chi connectivity index (χ1n) is 8.65. The summed E-state index contributed by atoms with van der Waals surface area (Å²) in [5.74, 6) is -0.174. The van der Waals surface area contributed by atoms with Gasteiger partial charge in [-0.1, -0.05) is 23.7 Å². The number of likely N-dealkylation sites (tertiary alicyclic amines) is 1. The van der Waals surface area contributed by atoms with Crippen molar-refractivity contribution >= 4 is 44.8 Å². The molecule has 0 radical (unpaired) electrons. The smallest absolute Gasteiger partial charge is 0.265 e. The number of carbonyl (C=O) groups is 2. The number of hydrogen-bond donors (Lipinski definition) is 1. The third-order valence-corrected chi connectivity index (χ3v) is 6.13. The normalized spacial score (nSPS) is 18.0. The molecule has 1 unspecified atom stereocenters. The summed E-state index contributed by atoms with van der Waals surface area (Å²) in [4.78, 5) is 27.6. The van der Waals surface area contributed by atoms with Crippen molar-refractivity contribution in [2.24, 2.45) is 5.92 Å². The second-order valence-electron chi connectivity index (χ2n) is 7.00. The highest BCUT2D eigenvalue weighted by Crippen LogP contribution is 2.37. The van der Waals surface area contributed by atoms with E-state index >= 15 is 0 Å². The lowest BCUT2D eigenvalue weighted by Crippen LogP contribution is -2.46. The molecule has 2 aromatic rings. The van der Waals surface area contributed by atoms with E-state index in [1.165, 1.54) is 11.3 Å². The van der Waals surface area contributed by atoms with Crippen LogP contribution in [0.15, 0.2) is 18.2 Å². The van der Waals surface area contributed by atoms with Crippen LogP contribution in [-0.2, 0) is 4.79 Å². The van der Waals surface area contributed by atoms with Gasteiger partial charge in [0.15, 0.2) is 0 Å². The van der Waals surface area contributed by atoms with Crippen LogP contribution in [0, 0.1) is 12.8 Å². The van der Waals surface area contributed by atoms with Crippen molar-refractivity contribution in [3.05, 3.63) is 33.7 Å². The summed E-state index contributed by atoms with van der Waals surface area (Å²) in [6, 6.07) is 6.13. The van der Waals surface area contributed by atoms with E-state index in [0.29, 0.717) is 23.0 Å². The third-order valence-electron chi connectivity index (χ3n) is 4.49. The van der Waals surface area contributed by atoms with E-state index in [-0.39, 0.29) is 23.8 Å². The molecule has 25 heavy (non-hydrogen) atoms. The number of nitrogens with one attached hydrogen (secondary N) is 1. The molecule has 1 N–H and O–H groups in total. The number of rotatable bonds is 3. The van der Waals surface area contributed by atoms with Crippen LogP contribution >= 0.6 is 22.9 Å². The van der Waals surface area contributed by atoms with Crippen LogP contribution in [0.3, 0.4) is 0 Å². The van der Waals surface area contributed by atoms with Crippen LogP contribution in [0.1, 0.15) is 41.9 Å². The first kappa shape index (κ1) is 18.2. The van der Waals surface area contributed by atoms with E-state index in [9.17, 15) is 9.59 Å². The van der Waals surface area contributed by atoms with Gasteiger partial charge in [0.1, 0.15) is 4.88 Å². The molecule has 1 saturated heterocycles. The number of aryl methyl sites for hydroxylation is 1. The maximum absolute atomic E-state index is 13.0. The van der Waals surface area contributed by atoms with Gasteiger partial charge in [-0.25, -0.2) is 0 Å². The number of hydrogen-bond acceptors (Lipinski definition) is 3. The second kappa shape index (κ2) is 7.34. The van der Waals surface area contributed by atoms with Gasteiger partial charge in [-0.3, -0.25) is 9.59 Å². The molecular weight excluding hydrogens is 356 g/mol. The zero-order valence-electron chi connectivity index (χ0n) is 14.8. The SMILES string of the molecule is Cc1ccc2c(Cl)c(C(=O)N3CCCC(C(=O)NC(C)C)C3)sc2c1. The number of benzene rings is 1. The molecule has 134 valence electrons. The van der Waals surface area contributed by atoms with Crippen molar-refractivity contribution in [1.29, 1.82) is 0 Å². The molecule has 1 aromatic heterocycles. The summed E-state index contributed by atoms with van der Waals surface area (Å²) in [5, 5.41) is 4.40. The van der Waals surface area contributed by atoms with Gasteiger partial charge in [-0.05, 0) is 45.2 Å². The molecule has 2 amide bonds. The number of fused-ring (bicyclic) bond motifs is 1. The van der Waals surface area contributed by atoms with Crippen LogP contribution in [0.2, 0.25) is 5.02 Å². The molecule has 1 fully saturated rings. The molecule has 1 aliphatic rings. The van der Waals surface area contributed by atoms with E-state index in [1.807, 2.05) is 32.9 Å². The zero-order valence-corrected chi connectivity index (χ0v) is 16.3. The Morgan fingerprint density at radius 2 is 2.12 bits per heavy atom. The van der Waals surface area contributed by atoms with Gasteiger partial charge in [0, 0.05) is 29.2 Å². The second-order valence-corrected chi connectivity index (χ2v) is 8.43. The average molecular weight is 379 g/mol. The Labute approximate surface area is 157 Å². The van der Waals surface area contributed by atoms with Gasteiger partial charge in [0.25, 0.3) is 5.91 Å². The van der Waals surface area contributed by atoms with Crippen LogP contribution in [0.25, 0.3) is 10.1 Å². The van der Waals surface area contributed by atoms with Crippen molar-refractivity contribution in [2.45, 2.75) is 39.7 Å². The molecule has 6 heteroatoms. The first-order chi connectivity index (χ1) is 11.9. The molecule has 0 saturated carbocycles. The van der Waals surface area contributed by atoms with E-state index in [1.54, 1.807) is 4.90 Å². The average Bonchev–Trinajstić information content (AvgIpc) is 2.89. The van der Waals surface area contributed by atoms with Crippen molar-refractivity contribution in [3.63, 3.8) is 0 Å². The monoisotopic (exact) mass is 378 g/mol. The lowest BCUT2D eigenvalue weighted by atomic mass is 9.96. The Kier molecular flexibility index (Phi) is 5.35. The summed E-state index contributed by atoms with van der Waals surface area (Å²) in [7, 11) is 0.